The van der Waals surface area contributed by atoms with Crippen molar-refractivity contribution in [2.24, 2.45) is 11.7 Å². The molecule has 2 N–H and O–H groups in total. The number of carbonyl (C=O) groups excluding carboxylic acids is 1. The lowest BCUT2D eigenvalue weighted by molar-refractivity contribution is -0.188. The average Bonchev–Trinajstić information content (AvgIpc) is 2.46. The fraction of sp³-hybridized carbons (Fsp3) is 0.533. The number of nitrogens with two attached hydrogens (primary N) is 1. The molecule has 1 aromatic carbocycles. The van der Waals surface area contributed by atoms with Crippen LogP contribution in [-0.2, 0) is 11.2 Å². The van der Waals surface area contributed by atoms with Crippen molar-refractivity contribution in [3.63, 3.8) is 0 Å². The van der Waals surface area contributed by atoms with E-state index < -0.39 is 24.0 Å². The van der Waals surface area contributed by atoms with Gasteiger partial charge in [0.25, 0.3) is 0 Å². The summed E-state index contributed by atoms with van der Waals surface area (Å²) in [5.41, 5.74) is 6.77. The minimum Gasteiger partial charge on any atom is -0.341 e. The van der Waals surface area contributed by atoms with E-state index in [1.54, 1.807) is 0 Å². The van der Waals surface area contributed by atoms with Gasteiger partial charge in [0.05, 0.1) is 12.0 Å². The zero-order chi connectivity index (χ0) is 15.5. The van der Waals surface area contributed by atoms with Gasteiger partial charge in [-0.15, -0.1) is 12.4 Å². The van der Waals surface area contributed by atoms with E-state index in [0.29, 0.717) is 19.4 Å². The van der Waals surface area contributed by atoms with Crippen LogP contribution in [0.3, 0.4) is 0 Å². The Morgan fingerprint density at radius 3 is 2.55 bits per heavy atom. The predicted molar refractivity (Wildman–Crippen MR) is 80.7 cm³/mol. The Hall–Kier alpha value is -1.27. The molecular formula is C15H20ClF3N2O. The third-order valence-corrected chi connectivity index (χ3v) is 3.81. The Morgan fingerprint density at radius 2 is 1.95 bits per heavy atom. The highest BCUT2D eigenvalue weighted by Gasteiger charge is 2.43. The molecule has 2 rings (SSSR count). The molecule has 0 radical (unpaired) electrons. The molecule has 7 heteroatoms. The largest absolute Gasteiger partial charge is 0.393 e. The van der Waals surface area contributed by atoms with Crippen LogP contribution in [0.2, 0.25) is 0 Å². The third-order valence-electron chi connectivity index (χ3n) is 3.81. The van der Waals surface area contributed by atoms with E-state index in [2.05, 4.69) is 0 Å². The smallest absolute Gasteiger partial charge is 0.341 e. The molecule has 0 aliphatic carbocycles. The quantitative estimate of drug-likeness (QED) is 0.922. The highest BCUT2D eigenvalue weighted by molar-refractivity contribution is 5.85. The SMILES string of the molecule is Cl.NC(Cc1ccccc1)C(=O)N1CCCC(C(F)(F)F)C1. The molecule has 2 unspecified atom stereocenters. The van der Waals surface area contributed by atoms with Gasteiger partial charge in [-0.2, -0.15) is 13.2 Å². The van der Waals surface area contributed by atoms with Crippen LogP contribution in [-0.4, -0.2) is 36.1 Å². The van der Waals surface area contributed by atoms with Crippen LogP contribution in [0.15, 0.2) is 30.3 Å². The maximum atomic E-state index is 12.8. The van der Waals surface area contributed by atoms with Crippen LogP contribution < -0.4 is 5.73 Å². The first-order chi connectivity index (χ1) is 9.88. The van der Waals surface area contributed by atoms with Gasteiger partial charge in [0.15, 0.2) is 0 Å². The number of rotatable bonds is 3. The van der Waals surface area contributed by atoms with Gasteiger partial charge >= 0.3 is 6.18 Å². The molecule has 1 heterocycles. The molecule has 1 aliphatic heterocycles. The summed E-state index contributed by atoms with van der Waals surface area (Å²) in [5.74, 6) is -1.83. The van der Waals surface area contributed by atoms with E-state index in [1.807, 2.05) is 30.3 Å². The van der Waals surface area contributed by atoms with Crippen LogP contribution in [0.5, 0.6) is 0 Å². The van der Waals surface area contributed by atoms with Gasteiger partial charge in [0, 0.05) is 13.1 Å². The average molecular weight is 337 g/mol. The molecule has 124 valence electrons. The Balaban J connectivity index is 0.00000242. The fourth-order valence-corrected chi connectivity index (χ4v) is 2.63. The van der Waals surface area contributed by atoms with Crippen LogP contribution in [0.1, 0.15) is 18.4 Å². The topological polar surface area (TPSA) is 46.3 Å². The van der Waals surface area contributed by atoms with Crippen LogP contribution >= 0.6 is 12.4 Å². The summed E-state index contributed by atoms with van der Waals surface area (Å²) in [5, 5.41) is 0. The highest BCUT2D eigenvalue weighted by Crippen LogP contribution is 2.33. The number of piperidine rings is 1. The van der Waals surface area contributed by atoms with Crippen molar-refractivity contribution >= 4 is 18.3 Å². The van der Waals surface area contributed by atoms with E-state index in [-0.39, 0.29) is 25.4 Å². The lowest BCUT2D eigenvalue weighted by atomic mass is 9.96. The number of hydrogen-bond acceptors (Lipinski definition) is 2. The second kappa shape index (κ2) is 7.83. The van der Waals surface area contributed by atoms with Crippen molar-refractivity contribution < 1.29 is 18.0 Å². The Morgan fingerprint density at radius 1 is 1.32 bits per heavy atom. The zero-order valence-corrected chi connectivity index (χ0v) is 12.9. The molecule has 1 aliphatic rings. The number of alkyl halides is 3. The van der Waals surface area contributed by atoms with Gasteiger partial charge in [0.2, 0.25) is 5.91 Å². The third kappa shape index (κ3) is 4.88. The number of hydrogen-bond donors (Lipinski definition) is 1. The first-order valence-electron chi connectivity index (χ1n) is 7.03. The number of carbonyl (C=O) groups is 1. The number of halogens is 4. The molecule has 1 amide bonds. The molecule has 1 saturated heterocycles. The van der Waals surface area contributed by atoms with Crippen LogP contribution in [0.4, 0.5) is 13.2 Å². The second-order valence-corrected chi connectivity index (χ2v) is 5.46. The summed E-state index contributed by atoms with van der Waals surface area (Å²) in [6.07, 6.45) is -3.45. The second-order valence-electron chi connectivity index (χ2n) is 5.46. The minimum absolute atomic E-state index is 0. The maximum absolute atomic E-state index is 12.8. The van der Waals surface area contributed by atoms with E-state index in [9.17, 15) is 18.0 Å². The molecule has 2 atom stereocenters. The summed E-state index contributed by atoms with van der Waals surface area (Å²) < 4.78 is 38.3. The van der Waals surface area contributed by atoms with Crippen molar-refractivity contribution in [1.29, 1.82) is 0 Å². The van der Waals surface area contributed by atoms with E-state index in [4.69, 9.17) is 5.73 Å². The summed E-state index contributed by atoms with van der Waals surface area (Å²) in [4.78, 5) is 13.5. The summed E-state index contributed by atoms with van der Waals surface area (Å²) in [7, 11) is 0. The predicted octanol–water partition coefficient (Wildman–Crippen LogP) is 2.78. The first kappa shape index (κ1) is 18.8. The molecule has 0 saturated carbocycles. The van der Waals surface area contributed by atoms with E-state index in [0.717, 1.165) is 5.56 Å². The van der Waals surface area contributed by atoms with Crippen LogP contribution in [0, 0.1) is 5.92 Å². The van der Waals surface area contributed by atoms with E-state index >= 15 is 0 Å². The van der Waals surface area contributed by atoms with E-state index in [1.165, 1.54) is 4.90 Å². The number of benzene rings is 1. The minimum atomic E-state index is -4.25. The van der Waals surface area contributed by atoms with Gasteiger partial charge < -0.3 is 10.6 Å². The number of nitrogens with zero attached hydrogens (tertiary/aromatic N) is 1. The Bertz CT molecular complexity index is 481. The monoisotopic (exact) mass is 336 g/mol. The molecule has 1 aromatic rings. The van der Waals surface area contributed by atoms with Crippen molar-refractivity contribution in [1.82, 2.24) is 4.90 Å². The van der Waals surface area contributed by atoms with Gasteiger partial charge in [-0.1, -0.05) is 30.3 Å². The van der Waals surface area contributed by atoms with Crippen molar-refractivity contribution in [3.8, 4) is 0 Å². The standard InChI is InChI=1S/C15H19F3N2O.ClH/c16-15(17,18)12-7-4-8-20(10-12)14(21)13(19)9-11-5-2-1-3-6-11;/h1-3,5-6,12-13H,4,7-10,19H2;1H. The Labute approximate surface area is 134 Å². The zero-order valence-electron chi connectivity index (χ0n) is 12.1. The molecule has 1 fully saturated rings. The first-order valence-corrected chi connectivity index (χ1v) is 7.03. The van der Waals surface area contributed by atoms with Gasteiger partial charge in [-0.05, 0) is 24.8 Å². The van der Waals surface area contributed by atoms with Gasteiger partial charge in [-0.3, -0.25) is 4.79 Å². The summed E-state index contributed by atoms with van der Waals surface area (Å²) >= 11 is 0. The van der Waals surface area contributed by atoms with Crippen molar-refractivity contribution in [2.45, 2.75) is 31.5 Å². The lowest BCUT2D eigenvalue weighted by Crippen LogP contribution is -2.51. The van der Waals surface area contributed by atoms with Gasteiger partial charge in [0.1, 0.15) is 0 Å². The normalized spacial score (nSPS) is 20.2. The molecule has 3 nitrogen and oxygen atoms in total. The highest BCUT2D eigenvalue weighted by atomic mass is 35.5. The molecule has 0 spiro atoms. The Kier molecular flexibility index (Phi) is 6.68. The van der Waals surface area contributed by atoms with Crippen molar-refractivity contribution in [2.75, 3.05) is 13.1 Å². The number of amides is 1. The molecular weight excluding hydrogens is 317 g/mol. The van der Waals surface area contributed by atoms with Gasteiger partial charge in [-0.25, -0.2) is 0 Å². The van der Waals surface area contributed by atoms with Crippen molar-refractivity contribution in [3.05, 3.63) is 35.9 Å². The fourth-order valence-electron chi connectivity index (χ4n) is 2.63. The van der Waals surface area contributed by atoms with Crippen LogP contribution in [0.25, 0.3) is 0 Å². The maximum Gasteiger partial charge on any atom is 0.393 e. The molecule has 0 aromatic heterocycles. The number of likely N-dealkylation sites (tertiary alicyclic amines) is 1. The lowest BCUT2D eigenvalue weighted by Gasteiger charge is -2.35. The summed E-state index contributed by atoms with van der Waals surface area (Å²) in [6.45, 7) is 0.0821. The molecule has 0 bridgehead atoms. The molecule has 22 heavy (non-hydrogen) atoms. The summed E-state index contributed by atoms with van der Waals surface area (Å²) in [6, 6.07) is 8.44.